The number of aryl methyl sites for hydroxylation is 2. The normalized spacial score (nSPS) is 12.8. The summed E-state index contributed by atoms with van der Waals surface area (Å²) in [5, 5.41) is 12.2. The molecule has 0 spiro atoms. The number of fused-ring (bicyclic) bond motifs is 1. The highest BCUT2D eigenvalue weighted by atomic mass is 32.2. The summed E-state index contributed by atoms with van der Waals surface area (Å²) in [6.07, 6.45) is 4.79. The molecule has 0 fully saturated rings. The molecule has 4 rings (SSSR count). The van der Waals surface area contributed by atoms with Gasteiger partial charge in [-0.15, -0.1) is 10.2 Å². The molecular formula is C24H28N4O3S. The van der Waals surface area contributed by atoms with Crippen molar-refractivity contribution in [2.75, 3.05) is 18.2 Å². The Hall–Kier alpha value is -3.00. The minimum absolute atomic E-state index is 0.0994. The standard InChI is InChI=1S/C24H28N4O3S/c1-3-28-22(15-31-21-11-8-17-6-4-5-7-18(17)14-21)26-27-24(28)32-16-23(29)25-19-9-12-20(30-2)13-10-19/h8-14H,3-7,15-16H2,1-2H3,(H,25,29). The van der Waals surface area contributed by atoms with E-state index in [1.165, 1.54) is 35.7 Å². The zero-order chi connectivity index (χ0) is 22.3. The quantitative estimate of drug-likeness (QED) is 0.482. The van der Waals surface area contributed by atoms with E-state index < -0.39 is 0 Å². The lowest BCUT2D eigenvalue weighted by atomic mass is 9.92. The highest BCUT2D eigenvalue weighted by Crippen LogP contribution is 2.26. The first-order valence-electron chi connectivity index (χ1n) is 10.9. The number of amides is 1. The monoisotopic (exact) mass is 452 g/mol. The van der Waals surface area contributed by atoms with E-state index in [4.69, 9.17) is 9.47 Å². The van der Waals surface area contributed by atoms with Crippen LogP contribution >= 0.6 is 11.8 Å². The van der Waals surface area contributed by atoms with Crippen molar-refractivity contribution in [2.24, 2.45) is 0 Å². The Morgan fingerprint density at radius 1 is 1.06 bits per heavy atom. The molecule has 3 aromatic rings. The van der Waals surface area contributed by atoms with E-state index in [1.807, 2.05) is 41.8 Å². The van der Waals surface area contributed by atoms with Crippen LogP contribution in [0.25, 0.3) is 0 Å². The van der Waals surface area contributed by atoms with Gasteiger partial charge in [-0.3, -0.25) is 4.79 Å². The number of rotatable bonds is 9. The van der Waals surface area contributed by atoms with Crippen LogP contribution in [0.5, 0.6) is 11.5 Å². The first-order chi connectivity index (χ1) is 15.7. The number of nitrogens with zero attached hydrogens (tertiary/aromatic N) is 3. The van der Waals surface area contributed by atoms with Crippen molar-refractivity contribution in [3.8, 4) is 11.5 Å². The van der Waals surface area contributed by atoms with E-state index in [9.17, 15) is 4.79 Å². The van der Waals surface area contributed by atoms with Crippen LogP contribution in [0.4, 0.5) is 5.69 Å². The second kappa shape index (κ2) is 10.5. The molecule has 1 aromatic heterocycles. The highest BCUT2D eigenvalue weighted by Gasteiger charge is 2.15. The Morgan fingerprint density at radius 3 is 2.56 bits per heavy atom. The van der Waals surface area contributed by atoms with Crippen LogP contribution in [0.3, 0.4) is 0 Å². The van der Waals surface area contributed by atoms with Crippen molar-refractivity contribution in [1.29, 1.82) is 0 Å². The predicted molar refractivity (Wildman–Crippen MR) is 125 cm³/mol. The van der Waals surface area contributed by atoms with Crippen LogP contribution in [0, 0.1) is 0 Å². The largest absolute Gasteiger partial charge is 0.497 e. The molecule has 8 heteroatoms. The molecule has 32 heavy (non-hydrogen) atoms. The van der Waals surface area contributed by atoms with Crippen molar-refractivity contribution >= 4 is 23.4 Å². The average Bonchev–Trinajstić information content (AvgIpc) is 3.23. The first-order valence-corrected chi connectivity index (χ1v) is 11.9. The van der Waals surface area contributed by atoms with Crippen LogP contribution in [-0.2, 0) is 30.8 Å². The van der Waals surface area contributed by atoms with Crippen molar-refractivity contribution in [2.45, 2.75) is 50.9 Å². The second-order valence-corrected chi connectivity index (χ2v) is 8.58. The van der Waals surface area contributed by atoms with Gasteiger partial charge in [0.2, 0.25) is 5.91 Å². The zero-order valence-corrected chi connectivity index (χ0v) is 19.3. The molecule has 0 radical (unpaired) electrons. The minimum Gasteiger partial charge on any atom is -0.497 e. The zero-order valence-electron chi connectivity index (χ0n) is 18.5. The van der Waals surface area contributed by atoms with Crippen LogP contribution in [-0.4, -0.2) is 33.5 Å². The molecule has 1 N–H and O–H groups in total. The van der Waals surface area contributed by atoms with E-state index in [0.717, 1.165) is 35.9 Å². The number of nitrogens with one attached hydrogen (secondary N) is 1. The lowest BCUT2D eigenvalue weighted by molar-refractivity contribution is -0.113. The molecule has 1 aliphatic carbocycles. The average molecular weight is 453 g/mol. The number of anilines is 1. The fraction of sp³-hybridized carbons (Fsp3) is 0.375. The summed E-state index contributed by atoms with van der Waals surface area (Å²) in [6, 6.07) is 13.6. The maximum Gasteiger partial charge on any atom is 0.234 e. The van der Waals surface area contributed by atoms with Crippen molar-refractivity contribution in [3.05, 3.63) is 59.4 Å². The summed E-state index contributed by atoms with van der Waals surface area (Å²) in [5.74, 6) is 2.51. The molecule has 0 saturated heterocycles. The van der Waals surface area contributed by atoms with Crippen LogP contribution < -0.4 is 14.8 Å². The third-order valence-electron chi connectivity index (χ3n) is 5.50. The number of carbonyl (C=O) groups is 1. The van der Waals surface area contributed by atoms with Gasteiger partial charge in [-0.2, -0.15) is 0 Å². The van der Waals surface area contributed by atoms with Crippen molar-refractivity contribution in [1.82, 2.24) is 14.8 Å². The maximum absolute atomic E-state index is 12.3. The smallest absolute Gasteiger partial charge is 0.234 e. The van der Waals surface area contributed by atoms with Gasteiger partial charge in [0.1, 0.15) is 18.1 Å². The molecule has 2 aromatic carbocycles. The van der Waals surface area contributed by atoms with Gasteiger partial charge in [0.05, 0.1) is 12.9 Å². The molecule has 0 atom stereocenters. The van der Waals surface area contributed by atoms with Gasteiger partial charge < -0.3 is 19.4 Å². The van der Waals surface area contributed by atoms with Crippen LogP contribution in [0.1, 0.15) is 36.7 Å². The summed E-state index contributed by atoms with van der Waals surface area (Å²) in [5.41, 5.74) is 3.56. The van der Waals surface area contributed by atoms with E-state index in [0.29, 0.717) is 18.3 Å². The van der Waals surface area contributed by atoms with Gasteiger partial charge in [0.25, 0.3) is 0 Å². The number of thioether (sulfide) groups is 1. The van der Waals surface area contributed by atoms with Gasteiger partial charge in [-0.25, -0.2) is 0 Å². The van der Waals surface area contributed by atoms with Gasteiger partial charge >= 0.3 is 0 Å². The number of hydrogen-bond acceptors (Lipinski definition) is 6. The number of hydrogen-bond donors (Lipinski definition) is 1. The Kier molecular flexibility index (Phi) is 7.32. The summed E-state index contributed by atoms with van der Waals surface area (Å²) in [4.78, 5) is 12.3. The Bertz CT molecular complexity index is 1070. The van der Waals surface area contributed by atoms with E-state index in [-0.39, 0.29) is 11.7 Å². The van der Waals surface area contributed by atoms with Crippen molar-refractivity contribution < 1.29 is 14.3 Å². The fourth-order valence-corrected chi connectivity index (χ4v) is 4.62. The third-order valence-corrected chi connectivity index (χ3v) is 6.47. The van der Waals surface area contributed by atoms with Gasteiger partial charge in [-0.05, 0) is 80.1 Å². The van der Waals surface area contributed by atoms with Crippen LogP contribution in [0.15, 0.2) is 47.6 Å². The van der Waals surface area contributed by atoms with Crippen LogP contribution in [0.2, 0.25) is 0 Å². The summed E-state index contributed by atoms with van der Waals surface area (Å²) in [7, 11) is 1.61. The van der Waals surface area contributed by atoms with Gasteiger partial charge in [0.15, 0.2) is 11.0 Å². The number of benzene rings is 2. The summed E-state index contributed by atoms with van der Waals surface area (Å²) >= 11 is 1.36. The number of aromatic nitrogens is 3. The number of carbonyl (C=O) groups excluding carboxylic acids is 1. The van der Waals surface area contributed by atoms with E-state index in [1.54, 1.807) is 7.11 Å². The molecule has 0 bridgehead atoms. The number of methoxy groups -OCH3 is 1. The molecule has 1 aliphatic rings. The van der Waals surface area contributed by atoms with E-state index >= 15 is 0 Å². The predicted octanol–water partition coefficient (Wildman–Crippen LogP) is 4.50. The Labute approximate surface area is 192 Å². The van der Waals surface area contributed by atoms with Gasteiger partial charge in [0, 0.05) is 12.2 Å². The van der Waals surface area contributed by atoms with Crippen molar-refractivity contribution in [3.63, 3.8) is 0 Å². The molecule has 0 aliphatic heterocycles. The molecule has 0 unspecified atom stereocenters. The minimum atomic E-state index is -0.0994. The number of ether oxygens (including phenoxy) is 2. The molecule has 7 nitrogen and oxygen atoms in total. The fourth-order valence-electron chi connectivity index (χ4n) is 3.80. The highest BCUT2D eigenvalue weighted by molar-refractivity contribution is 7.99. The summed E-state index contributed by atoms with van der Waals surface area (Å²) < 4.78 is 13.1. The second-order valence-electron chi connectivity index (χ2n) is 7.63. The third kappa shape index (κ3) is 5.43. The SMILES string of the molecule is CCn1c(COc2ccc3c(c2)CCCC3)nnc1SCC(=O)Nc1ccc(OC)cc1. The Balaban J connectivity index is 1.32. The topological polar surface area (TPSA) is 78.3 Å². The summed E-state index contributed by atoms with van der Waals surface area (Å²) in [6.45, 7) is 3.09. The molecule has 1 amide bonds. The first kappa shape index (κ1) is 22.2. The lowest BCUT2D eigenvalue weighted by Crippen LogP contribution is -2.15. The van der Waals surface area contributed by atoms with E-state index in [2.05, 4.69) is 27.6 Å². The molecule has 0 saturated carbocycles. The lowest BCUT2D eigenvalue weighted by Gasteiger charge is -2.16. The Morgan fingerprint density at radius 2 is 1.81 bits per heavy atom. The molecular weight excluding hydrogens is 424 g/mol. The molecule has 1 heterocycles. The maximum atomic E-state index is 12.3. The molecule has 168 valence electrons. The van der Waals surface area contributed by atoms with Gasteiger partial charge in [-0.1, -0.05) is 17.8 Å².